The fourth-order valence-corrected chi connectivity index (χ4v) is 0.484. The van der Waals surface area contributed by atoms with Gasteiger partial charge in [-0.2, -0.15) is 0 Å². The lowest BCUT2D eigenvalue weighted by atomic mass is 10.4. The normalized spacial score (nSPS) is 9.00. The van der Waals surface area contributed by atoms with Crippen molar-refractivity contribution in [3.63, 3.8) is 0 Å². The van der Waals surface area contributed by atoms with Gasteiger partial charge in [-0.3, -0.25) is 4.79 Å². The Morgan fingerprint density at radius 3 is 3.12 bits per heavy atom. The van der Waals surface area contributed by atoms with Crippen LogP contribution in [-0.4, -0.2) is 6.29 Å². The summed E-state index contributed by atoms with van der Waals surface area (Å²) in [4.78, 5) is 9.69. The molecule has 1 radical (unpaired) electrons. The fraction of sp³-hybridized carbons (Fsp3) is 0.167. The largest absolute Gasteiger partial charge is 0.469 e. The Morgan fingerprint density at radius 2 is 2.62 bits per heavy atom. The molecule has 0 spiro atoms. The molecule has 0 unspecified atom stereocenters. The van der Waals surface area contributed by atoms with E-state index in [1.807, 2.05) is 0 Å². The summed E-state index contributed by atoms with van der Waals surface area (Å²) in [5.74, 6) is 0.667. The van der Waals surface area contributed by atoms with Crippen LogP contribution in [0.2, 0.25) is 0 Å². The number of carbonyl (C=O) groups excluding carboxylic acids is 1. The average molecular weight is 109 g/mol. The van der Waals surface area contributed by atoms with Gasteiger partial charge < -0.3 is 4.42 Å². The molecule has 1 aromatic rings. The molecule has 0 N–H and O–H groups in total. The second-order valence-corrected chi connectivity index (χ2v) is 1.40. The highest BCUT2D eigenvalue weighted by molar-refractivity contribution is 5.53. The molecule has 0 saturated carbocycles. The lowest BCUT2D eigenvalue weighted by Crippen LogP contribution is -1.78. The predicted molar refractivity (Wildman–Crippen MR) is 28.1 cm³/mol. The topological polar surface area (TPSA) is 30.2 Å². The van der Waals surface area contributed by atoms with Crippen LogP contribution < -0.4 is 0 Å². The predicted octanol–water partition coefficient (Wildman–Crippen LogP) is 0.932. The third kappa shape index (κ3) is 0.964. The van der Waals surface area contributed by atoms with Crippen LogP contribution in [0.25, 0.3) is 0 Å². The summed E-state index contributed by atoms with van der Waals surface area (Å²) in [6.07, 6.45) is 3.52. The highest BCUT2D eigenvalue weighted by Gasteiger charge is 1.90. The quantitative estimate of drug-likeness (QED) is 0.565. The number of hydrogen-bond donors (Lipinski definition) is 0. The molecule has 41 valence electrons. The molecule has 2 heteroatoms. The summed E-state index contributed by atoms with van der Waals surface area (Å²) in [6.45, 7) is 0. The molecule has 0 atom stereocenters. The maximum Gasteiger partial charge on any atom is 0.206 e. The van der Waals surface area contributed by atoms with Crippen molar-refractivity contribution >= 4 is 6.29 Å². The van der Waals surface area contributed by atoms with Crippen LogP contribution in [0.15, 0.2) is 22.8 Å². The van der Waals surface area contributed by atoms with E-state index in [1.165, 1.54) is 6.26 Å². The van der Waals surface area contributed by atoms with E-state index in [9.17, 15) is 4.79 Å². The molecule has 0 fully saturated rings. The summed E-state index contributed by atoms with van der Waals surface area (Å²) in [5, 5.41) is 0. The molecule has 0 aromatic carbocycles. The standard InChI is InChI=1S/C6H5O2/c7-4-3-6-2-1-5-8-6/h1-2,5H,3H2. The van der Waals surface area contributed by atoms with Crippen LogP contribution in [-0.2, 0) is 11.2 Å². The van der Waals surface area contributed by atoms with Crippen molar-refractivity contribution in [2.24, 2.45) is 0 Å². The maximum atomic E-state index is 9.69. The van der Waals surface area contributed by atoms with Gasteiger partial charge in [0.25, 0.3) is 0 Å². The first-order valence-corrected chi connectivity index (χ1v) is 2.31. The summed E-state index contributed by atoms with van der Waals surface area (Å²) < 4.78 is 4.81. The van der Waals surface area contributed by atoms with Crippen molar-refractivity contribution in [2.45, 2.75) is 6.42 Å². The van der Waals surface area contributed by atoms with Crippen molar-refractivity contribution < 1.29 is 9.21 Å². The Labute approximate surface area is 47.1 Å². The Balaban J connectivity index is 2.62. The van der Waals surface area contributed by atoms with Crippen LogP contribution in [0.4, 0.5) is 0 Å². The van der Waals surface area contributed by atoms with E-state index in [1.54, 1.807) is 18.4 Å². The highest BCUT2D eigenvalue weighted by Crippen LogP contribution is 1.97. The van der Waals surface area contributed by atoms with Crippen molar-refractivity contribution in [2.75, 3.05) is 0 Å². The average Bonchev–Trinajstić information content (AvgIpc) is 2.19. The highest BCUT2D eigenvalue weighted by atomic mass is 16.3. The Kier molecular flexibility index (Phi) is 1.47. The first-order valence-electron chi connectivity index (χ1n) is 2.31. The zero-order valence-corrected chi connectivity index (χ0v) is 4.26. The summed E-state index contributed by atoms with van der Waals surface area (Å²) in [7, 11) is 0. The van der Waals surface area contributed by atoms with Crippen molar-refractivity contribution in [3.05, 3.63) is 24.2 Å². The van der Waals surface area contributed by atoms with Gasteiger partial charge >= 0.3 is 0 Å². The molecule has 0 aliphatic carbocycles. The Morgan fingerprint density at radius 1 is 1.75 bits per heavy atom. The second-order valence-electron chi connectivity index (χ2n) is 1.40. The van der Waals surface area contributed by atoms with E-state index in [0.717, 1.165) is 0 Å². The molecule has 1 aromatic heterocycles. The van der Waals surface area contributed by atoms with Crippen molar-refractivity contribution in [1.29, 1.82) is 0 Å². The van der Waals surface area contributed by atoms with E-state index in [0.29, 0.717) is 5.76 Å². The zero-order valence-electron chi connectivity index (χ0n) is 4.26. The lowest BCUT2D eigenvalue weighted by Gasteiger charge is -1.78. The molecule has 0 aliphatic rings. The molecular formula is C6H5O2. The molecule has 0 bridgehead atoms. The second kappa shape index (κ2) is 2.31. The minimum atomic E-state index is 0.257. The number of furan rings is 1. The van der Waals surface area contributed by atoms with Gasteiger partial charge in [0.15, 0.2) is 0 Å². The van der Waals surface area contributed by atoms with Crippen LogP contribution >= 0.6 is 0 Å². The number of hydrogen-bond acceptors (Lipinski definition) is 2. The molecular weight excluding hydrogens is 104 g/mol. The summed E-state index contributed by atoms with van der Waals surface area (Å²) in [5.41, 5.74) is 0. The minimum Gasteiger partial charge on any atom is -0.469 e. The fourth-order valence-electron chi connectivity index (χ4n) is 0.484. The molecule has 2 nitrogen and oxygen atoms in total. The van der Waals surface area contributed by atoms with Gasteiger partial charge in [-0.05, 0) is 12.1 Å². The smallest absolute Gasteiger partial charge is 0.206 e. The van der Waals surface area contributed by atoms with Crippen LogP contribution in [0.1, 0.15) is 5.76 Å². The van der Waals surface area contributed by atoms with E-state index < -0.39 is 0 Å². The minimum absolute atomic E-state index is 0.257. The summed E-state index contributed by atoms with van der Waals surface area (Å²) in [6, 6.07) is 3.48. The molecule has 8 heavy (non-hydrogen) atoms. The maximum absolute atomic E-state index is 9.69. The van der Waals surface area contributed by atoms with Gasteiger partial charge in [-0.15, -0.1) is 0 Å². The number of rotatable bonds is 2. The molecule has 1 heterocycles. The van der Waals surface area contributed by atoms with Gasteiger partial charge in [0.05, 0.1) is 12.7 Å². The van der Waals surface area contributed by atoms with E-state index in [2.05, 4.69) is 0 Å². The van der Waals surface area contributed by atoms with Gasteiger partial charge in [0.2, 0.25) is 6.29 Å². The van der Waals surface area contributed by atoms with Crippen molar-refractivity contribution in [1.82, 2.24) is 0 Å². The van der Waals surface area contributed by atoms with Gasteiger partial charge in [0.1, 0.15) is 5.76 Å². The third-order valence-corrected chi connectivity index (χ3v) is 0.827. The Hall–Kier alpha value is -1.05. The SMILES string of the molecule is O=[C]Cc1ccco1. The molecule has 0 aliphatic heterocycles. The van der Waals surface area contributed by atoms with Crippen molar-refractivity contribution in [3.8, 4) is 0 Å². The lowest BCUT2D eigenvalue weighted by molar-refractivity contribution is 0.511. The van der Waals surface area contributed by atoms with Crippen LogP contribution in [0, 0.1) is 0 Å². The van der Waals surface area contributed by atoms with E-state index in [-0.39, 0.29) is 6.42 Å². The molecule has 0 saturated heterocycles. The van der Waals surface area contributed by atoms with Crippen LogP contribution in [0.5, 0.6) is 0 Å². The molecule has 0 amide bonds. The third-order valence-electron chi connectivity index (χ3n) is 0.827. The molecule has 1 rings (SSSR count). The first-order chi connectivity index (χ1) is 3.93. The van der Waals surface area contributed by atoms with Gasteiger partial charge in [-0.25, -0.2) is 0 Å². The van der Waals surface area contributed by atoms with Crippen LogP contribution in [0.3, 0.4) is 0 Å². The van der Waals surface area contributed by atoms with Gasteiger partial charge in [-0.1, -0.05) is 0 Å². The van der Waals surface area contributed by atoms with Gasteiger partial charge in [0, 0.05) is 0 Å². The van der Waals surface area contributed by atoms with E-state index >= 15 is 0 Å². The van der Waals surface area contributed by atoms with E-state index in [4.69, 9.17) is 4.42 Å². The monoisotopic (exact) mass is 109 g/mol. The zero-order chi connectivity index (χ0) is 5.82. The summed E-state index contributed by atoms with van der Waals surface area (Å²) >= 11 is 0. The Bertz CT molecular complexity index is 153. The first kappa shape index (κ1) is 5.09.